The van der Waals surface area contributed by atoms with Crippen molar-refractivity contribution in [2.24, 2.45) is 0 Å². The van der Waals surface area contributed by atoms with E-state index in [0.29, 0.717) is 11.9 Å². The van der Waals surface area contributed by atoms with Crippen molar-refractivity contribution < 1.29 is 9.90 Å². The maximum Gasteiger partial charge on any atom is 0.154 e. The summed E-state index contributed by atoms with van der Waals surface area (Å²) < 4.78 is 0. The van der Waals surface area contributed by atoms with Crippen LogP contribution < -0.4 is 0 Å². The van der Waals surface area contributed by atoms with Gasteiger partial charge < -0.3 is 5.11 Å². The first-order valence-electron chi connectivity index (χ1n) is 2.72. The summed E-state index contributed by atoms with van der Waals surface area (Å²) in [6.07, 6.45) is 1.45. The van der Waals surface area contributed by atoms with E-state index in [9.17, 15) is 4.79 Å². The van der Waals surface area contributed by atoms with Crippen molar-refractivity contribution in [2.75, 3.05) is 0 Å². The Kier molecular flexibility index (Phi) is 2.23. The number of rotatable bonds is 2. The van der Waals surface area contributed by atoms with Crippen molar-refractivity contribution >= 4 is 23.2 Å². The van der Waals surface area contributed by atoms with Gasteiger partial charge in [0, 0.05) is 4.88 Å². The summed E-state index contributed by atoms with van der Waals surface area (Å²) in [6.45, 7) is 0. The number of hydrogen-bond donors (Lipinski definition) is 1. The number of aliphatic hydroxyl groups excluding tert-OH is 1. The molecule has 52 valence electrons. The zero-order chi connectivity index (χ0) is 7.40. The third-order valence-corrected chi connectivity index (χ3v) is 1.99. The molecule has 10 heavy (non-hydrogen) atoms. The highest BCUT2D eigenvalue weighted by Crippen LogP contribution is 2.16. The normalized spacial score (nSPS) is 11.4. The fourth-order valence-electron chi connectivity index (χ4n) is 0.595. The molecule has 1 aromatic rings. The molecular weight excluding hydrogens is 148 g/mol. The first kappa shape index (κ1) is 7.02. The van der Waals surface area contributed by atoms with Crippen LogP contribution in [0.5, 0.6) is 0 Å². The van der Waals surface area contributed by atoms with Crippen molar-refractivity contribution in [1.29, 1.82) is 0 Å². The van der Waals surface area contributed by atoms with E-state index >= 15 is 0 Å². The Morgan fingerprint density at radius 1 is 1.70 bits per heavy atom. The molecule has 0 fully saturated rings. The number of carbonyl (C=O) groups excluding carboxylic acids is 1. The third-order valence-electron chi connectivity index (χ3n) is 1.07. The number of aliphatic hydroxyl groups is 1. The van der Waals surface area contributed by atoms with E-state index in [2.05, 4.69) is 0 Å². The van der Waals surface area contributed by atoms with Gasteiger partial charge in [0.05, 0.1) is 11.8 Å². The van der Waals surface area contributed by atoms with Gasteiger partial charge >= 0.3 is 0 Å². The summed E-state index contributed by atoms with van der Waals surface area (Å²) in [5, 5.41) is 10.4. The summed E-state index contributed by atoms with van der Waals surface area (Å²) >= 11 is 1.42. The second-order valence-corrected chi connectivity index (χ2v) is 2.63. The minimum Gasteiger partial charge on any atom is -0.515 e. The molecule has 0 aliphatic rings. The van der Waals surface area contributed by atoms with E-state index < -0.39 is 0 Å². The Morgan fingerprint density at radius 3 is 2.90 bits per heavy atom. The molecule has 0 saturated carbocycles. The van der Waals surface area contributed by atoms with Crippen molar-refractivity contribution in [3.05, 3.63) is 28.7 Å². The smallest absolute Gasteiger partial charge is 0.154 e. The third kappa shape index (κ3) is 1.25. The van der Waals surface area contributed by atoms with Gasteiger partial charge in [0.1, 0.15) is 0 Å². The van der Waals surface area contributed by atoms with Crippen molar-refractivity contribution in [3.63, 3.8) is 0 Å². The van der Waals surface area contributed by atoms with Crippen LogP contribution in [0.2, 0.25) is 0 Å². The highest BCUT2D eigenvalue weighted by molar-refractivity contribution is 7.11. The Bertz CT molecular complexity index is 236. The predicted octanol–water partition coefficient (Wildman–Crippen LogP) is 1.85. The molecule has 0 spiro atoms. The highest BCUT2D eigenvalue weighted by Gasteiger charge is 1.98. The van der Waals surface area contributed by atoms with Crippen LogP contribution in [0.1, 0.15) is 4.88 Å². The van der Waals surface area contributed by atoms with Crippen LogP contribution in [0.4, 0.5) is 0 Å². The number of hydrogen-bond acceptors (Lipinski definition) is 3. The molecule has 0 amide bonds. The maximum absolute atomic E-state index is 10.2. The van der Waals surface area contributed by atoms with Gasteiger partial charge in [-0.2, -0.15) is 0 Å². The van der Waals surface area contributed by atoms with Crippen LogP contribution in [-0.4, -0.2) is 11.4 Å². The lowest BCUT2D eigenvalue weighted by Gasteiger charge is -1.88. The van der Waals surface area contributed by atoms with Crippen LogP contribution in [0.25, 0.3) is 5.57 Å². The van der Waals surface area contributed by atoms with E-state index in [0.717, 1.165) is 11.1 Å². The zero-order valence-electron chi connectivity index (χ0n) is 5.15. The first-order chi connectivity index (χ1) is 4.88. The standard InChI is InChI=1S/C7H6O2S/c8-4-6(5-9)7-2-1-3-10-7/h1-5,8H. The maximum atomic E-state index is 10.2. The van der Waals surface area contributed by atoms with E-state index in [1.54, 1.807) is 6.07 Å². The molecule has 0 unspecified atom stereocenters. The van der Waals surface area contributed by atoms with E-state index in [1.165, 1.54) is 11.3 Å². The average molecular weight is 154 g/mol. The van der Waals surface area contributed by atoms with Gasteiger partial charge in [-0.3, -0.25) is 4.79 Å². The summed E-state index contributed by atoms with van der Waals surface area (Å²) in [5.41, 5.74) is 0.329. The lowest BCUT2D eigenvalue weighted by Crippen LogP contribution is -1.78. The van der Waals surface area contributed by atoms with Crippen LogP contribution in [0, 0.1) is 0 Å². The molecule has 0 saturated heterocycles. The summed E-state index contributed by atoms with van der Waals surface area (Å²) in [7, 11) is 0. The van der Waals surface area contributed by atoms with Crippen LogP contribution in [0.15, 0.2) is 23.8 Å². The molecule has 1 heterocycles. The highest BCUT2D eigenvalue weighted by atomic mass is 32.1. The number of thiophene rings is 1. The number of aldehydes is 1. The van der Waals surface area contributed by atoms with Gasteiger partial charge in [-0.05, 0) is 11.4 Å². The zero-order valence-corrected chi connectivity index (χ0v) is 5.97. The van der Waals surface area contributed by atoms with Gasteiger partial charge in [0.25, 0.3) is 0 Å². The van der Waals surface area contributed by atoms with E-state index in [1.807, 2.05) is 11.4 Å². The topological polar surface area (TPSA) is 37.3 Å². The molecule has 0 aliphatic heterocycles. The molecular formula is C7H6O2S. The lowest BCUT2D eigenvalue weighted by molar-refractivity contribution is -0.103. The first-order valence-corrected chi connectivity index (χ1v) is 3.60. The van der Waals surface area contributed by atoms with Crippen LogP contribution in [0.3, 0.4) is 0 Å². The molecule has 0 aliphatic carbocycles. The van der Waals surface area contributed by atoms with Crippen molar-refractivity contribution in [2.45, 2.75) is 0 Å². The van der Waals surface area contributed by atoms with Gasteiger partial charge in [0.2, 0.25) is 0 Å². The number of carbonyl (C=O) groups is 1. The molecule has 0 radical (unpaired) electrons. The van der Waals surface area contributed by atoms with Crippen molar-refractivity contribution in [3.8, 4) is 0 Å². The Labute approximate surface area is 62.4 Å². The van der Waals surface area contributed by atoms with Crippen LogP contribution in [-0.2, 0) is 4.79 Å². The van der Waals surface area contributed by atoms with Gasteiger partial charge in [0.15, 0.2) is 6.29 Å². The molecule has 3 heteroatoms. The van der Waals surface area contributed by atoms with Gasteiger partial charge in [-0.25, -0.2) is 0 Å². The SMILES string of the molecule is O=CC(=CO)c1cccs1. The fourth-order valence-corrected chi connectivity index (χ4v) is 1.29. The molecule has 1 aromatic heterocycles. The summed E-state index contributed by atoms with van der Waals surface area (Å²) in [5.74, 6) is 0. The van der Waals surface area contributed by atoms with Crippen LogP contribution >= 0.6 is 11.3 Å². The van der Waals surface area contributed by atoms with Gasteiger partial charge in [-0.15, -0.1) is 11.3 Å². The van der Waals surface area contributed by atoms with E-state index in [4.69, 9.17) is 5.11 Å². The molecule has 2 nitrogen and oxygen atoms in total. The average Bonchev–Trinajstić information content (AvgIpc) is 2.43. The van der Waals surface area contributed by atoms with Crippen molar-refractivity contribution in [1.82, 2.24) is 0 Å². The minimum atomic E-state index is 0.329. The lowest BCUT2D eigenvalue weighted by atomic mass is 10.3. The second kappa shape index (κ2) is 3.17. The Morgan fingerprint density at radius 2 is 2.50 bits per heavy atom. The number of allylic oxidation sites excluding steroid dienone is 1. The second-order valence-electron chi connectivity index (χ2n) is 1.68. The Hall–Kier alpha value is -1.09. The molecule has 1 N–H and O–H groups in total. The molecule has 0 aromatic carbocycles. The predicted molar refractivity (Wildman–Crippen MR) is 41.0 cm³/mol. The molecule has 1 rings (SSSR count). The summed E-state index contributed by atoms with van der Waals surface area (Å²) in [6, 6.07) is 3.61. The largest absolute Gasteiger partial charge is 0.515 e. The molecule has 0 bridgehead atoms. The Balaban J connectivity index is 2.95. The fraction of sp³-hybridized carbons (Fsp3) is 0. The van der Waals surface area contributed by atoms with Gasteiger partial charge in [-0.1, -0.05) is 6.07 Å². The summed E-state index contributed by atoms with van der Waals surface area (Å²) in [4.78, 5) is 11.0. The van der Waals surface area contributed by atoms with E-state index in [-0.39, 0.29) is 0 Å². The quantitative estimate of drug-likeness (QED) is 0.401. The molecule has 0 atom stereocenters. The minimum absolute atomic E-state index is 0.329. The monoisotopic (exact) mass is 154 g/mol.